The number of amides is 1. The molecule has 0 aliphatic heterocycles. The molecule has 0 unspecified atom stereocenters. The molecule has 1 aliphatic rings. The number of benzene rings is 2. The van der Waals surface area contributed by atoms with Gasteiger partial charge in [0.2, 0.25) is 5.91 Å². The average Bonchev–Trinajstić information content (AvgIpc) is 3.42. The Morgan fingerprint density at radius 1 is 1.19 bits per heavy atom. The second-order valence-corrected chi connectivity index (χ2v) is 7.91. The lowest BCUT2D eigenvalue weighted by atomic mass is 10.0. The fourth-order valence-corrected chi connectivity index (χ4v) is 4.02. The van der Waals surface area contributed by atoms with Crippen LogP contribution in [-0.2, 0) is 17.8 Å². The number of nitrogens with zero attached hydrogens (tertiary/aromatic N) is 3. The largest absolute Gasteiger partial charge is 0.497 e. The molecule has 2 aromatic carbocycles. The minimum atomic E-state index is 0.0105. The van der Waals surface area contributed by atoms with Crippen molar-refractivity contribution in [2.24, 2.45) is 0 Å². The van der Waals surface area contributed by atoms with Crippen molar-refractivity contribution in [3.63, 3.8) is 0 Å². The molecule has 1 fully saturated rings. The molecule has 31 heavy (non-hydrogen) atoms. The maximum atomic E-state index is 12.6. The first-order valence-electron chi connectivity index (χ1n) is 10.6. The summed E-state index contributed by atoms with van der Waals surface area (Å²) in [5, 5.41) is 12.3. The molecule has 2 aromatic heterocycles. The molecular weight excluding hydrogens is 390 g/mol. The summed E-state index contributed by atoms with van der Waals surface area (Å²) >= 11 is 0. The van der Waals surface area contributed by atoms with Gasteiger partial charge in [-0.15, -0.1) is 10.2 Å². The number of H-pyrrole nitrogens is 1. The van der Waals surface area contributed by atoms with Crippen LogP contribution in [0.15, 0.2) is 54.9 Å². The molecule has 0 radical (unpaired) electrons. The summed E-state index contributed by atoms with van der Waals surface area (Å²) in [6, 6.07) is 16.7. The van der Waals surface area contributed by atoms with Gasteiger partial charge in [-0.2, -0.15) is 0 Å². The molecule has 0 bridgehead atoms. The van der Waals surface area contributed by atoms with E-state index in [1.54, 1.807) is 13.4 Å². The third-order valence-electron chi connectivity index (χ3n) is 5.83. The van der Waals surface area contributed by atoms with E-state index >= 15 is 0 Å². The molecule has 7 nitrogen and oxygen atoms in total. The number of methoxy groups -OCH3 is 1. The van der Waals surface area contributed by atoms with Crippen molar-refractivity contribution in [1.29, 1.82) is 0 Å². The third kappa shape index (κ3) is 4.03. The van der Waals surface area contributed by atoms with Gasteiger partial charge in [-0.1, -0.05) is 18.2 Å². The SMILES string of the molecule is COc1ccc(-c2[nH]c3ccccc3c2CCC(=O)NCc2nncn2C2CC2)cc1. The van der Waals surface area contributed by atoms with Gasteiger partial charge in [0.25, 0.3) is 0 Å². The van der Waals surface area contributed by atoms with Crippen molar-refractivity contribution in [3.8, 4) is 17.0 Å². The summed E-state index contributed by atoms with van der Waals surface area (Å²) in [5.74, 6) is 1.65. The Morgan fingerprint density at radius 3 is 2.77 bits per heavy atom. The van der Waals surface area contributed by atoms with E-state index in [-0.39, 0.29) is 5.91 Å². The summed E-state index contributed by atoms with van der Waals surface area (Å²) in [4.78, 5) is 16.1. The van der Waals surface area contributed by atoms with Crippen LogP contribution in [0.4, 0.5) is 0 Å². The number of carbonyl (C=O) groups excluding carboxylic acids is 1. The Labute approximate surface area is 180 Å². The van der Waals surface area contributed by atoms with Gasteiger partial charge in [-0.25, -0.2) is 0 Å². The van der Waals surface area contributed by atoms with Gasteiger partial charge < -0.3 is 19.6 Å². The molecule has 0 spiro atoms. The number of ether oxygens (including phenoxy) is 1. The molecule has 4 aromatic rings. The van der Waals surface area contributed by atoms with E-state index in [4.69, 9.17) is 4.74 Å². The zero-order valence-corrected chi connectivity index (χ0v) is 17.5. The first-order chi connectivity index (χ1) is 15.2. The van der Waals surface area contributed by atoms with Gasteiger partial charge in [-0.3, -0.25) is 4.79 Å². The van der Waals surface area contributed by atoms with Crippen LogP contribution in [0.3, 0.4) is 0 Å². The first-order valence-corrected chi connectivity index (χ1v) is 10.6. The topological polar surface area (TPSA) is 84.8 Å². The third-order valence-corrected chi connectivity index (χ3v) is 5.83. The Hall–Kier alpha value is -3.61. The number of nitrogens with one attached hydrogen (secondary N) is 2. The molecule has 1 aliphatic carbocycles. The van der Waals surface area contributed by atoms with E-state index in [0.29, 0.717) is 25.4 Å². The van der Waals surface area contributed by atoms with Gasteiger partial charge >= 0.3 is 0 Å². The van der Waals surface area contributed by atoms with Crippen molar-refractivity contribution in [1.82, 2.24) is 25.1 Å². The number of fused-ring (bicyclic) bond motifs is 1. The van der Waals surface area contributed by atoms with Crippen molar-refractivity contribution in [2.75, 3.05) is 7.11 Å². The number of aryl methyl sites for hydroxylation is 1. The molecule has 1 saturated carbocycles. The van der Waals surface area contributed by atoms with Gasteiger partial charge in [0.05, 0.1) is 13.7 Å². The second-order valence-electron chi connectivity index (χ2n) is 7.91. The summed E-state index contributed by atoms with van der Waals surface area (Å²) in [5.41, 5.74) is 4.34. The van der Waals surface area contributed by atoms with Crippen LogP contribution >= 0.6 is 0 Å². The van der Waals surface area contributed by atoms with Crippen molar-refractivity contribution in [2.45, 2.75) is 38.3 Å². The lowest BCUT2D eigenvalue weighted by molar-refractivity contribution is -0.121. The fraction of sp³-hybridized carbons (Fsp3) is 0.292. The highest BCUT2D eigenvalue weighted by atomic mass is 16.5. The maximum Gasteiger partial charge on any atom is 0.220 e. The number of hydrogen-bond acceptors (Lipinski definition) is 4. The maximum absolute atomic E-state index is 12.6. The predicted octanol–water partition coefficient (Wildman–Crippen LogP) is 4.02. The molecule has 2 N–H and O–H groups in total. The molecule has 1 amide bonds. The van der Waals surface area contributed by atoms with E-state index < -0.39 is 0 Å². The summed E-state index contributed by atoms with van der Waals surface area (Å²) in [6.07, 6.45) is 5.13. The number of rotatable bonds is 8. The lowest BCUT2D eigenvalue weighted by Crippen LogP contribution is -2.24. The van der Waals surface area contributed by atoms with Gasteiger partial charge in [0, 0.05) is 29.1 Å². The Bertz CT molecular complexity index is 1200. The van der Waals surface area contributed by atoms with Crippen LogP contribution < -0.4 is 10.1 Å². The van der Waals surface area contributed by atoms with Crippen LogP contribution in [0.25, 0.3) is 22.2 Å². The highest BCUT2D eigenvalue weighted by Crippen LogP contribution is 2.35. The highest BCUT2D eigenvalue weighted by Gasteiger charge is 2.26. The van der Waals surface area contributed by atoms with Gasteiger partial charge in [0.15, 0.2) is 5.82 Å². The van der Waals surface area contributed by atoms with Gasteiger partial charge in [-0.05, 0) is 60.7 Å². The molecule has 0 atom stereocenters. The van der Waals surface area contributed by atoms with Crippen molar-refractivity contribution in [3.05, 3.63) is 66.2 Å². The minimum absolute atomic E-state index is 0.0105. The molecule has 158 valence electrons. The summed E-state index contributed by atoms with van der Waals surface area (Å²) < 4.78 is 7.35. The standard InChI is InChI=1S/C24H25N5O2/c1-31-18-10-6-16(7-11-18)24-20(19-4-2-3-5-21(19)27-24)12-13-23(30)25-14-22-28-26-15-29(22)17-8-9-17/h2-7,10-11,15,17,27H,8-9,12-14H2,1H3,(H,25,30). The molecule has 5 rings (SSSR count). The molecule has 2 heterocycles. The predicted molar refractivity (Wildman–Crippen MR) is 119 cm³/mol. The van der Waals surface area contributed by atoms with Crippen molar-refractivity contribution >= 4 is 16.8 Å². The first kappa shape index (κ1) is 19.4. The molecule has 7 heteroatoms. The highest BCUT2D eigenvalue weighted by molar-refractivity contribution is 5.91. The molecular formula is C24H25N5O2. The summed E-state index contributed by atoms with van der Waals surface area (Å²) in [6.45, 7) is 0.411. The number of aromatic amines is 1. The molecule has 0 saturated heterocycles. The van der Waals surface area contributed by atoms with E-state index in [1.165, 1.54) is 0 Å². The number of aromatic nitrogens is 4. The fourth-order valence-electron chi connectivity index (χ4n) is 4.02. The number of carbonyl (C=O) groups is 1. The van der Waals surface area contributed by atoms with E-state index in [0.717, 1.165) is 52.1 Å². The van der Waals surface area contributed by atoms with E-state index in [9.17, 15) is 4.79 Å². The zero-order chi connectivity index (χ0) is 21.2. The lowest BCUT2D eigenvalue weighted by Gasteiger charge is -2.08. The zero-order valence-electron chi connectivity index (χ0n) is 17.5. The van der Waals surface area contributed by atoms with Crippen molar-refractivity contribution < 1.29 is 9.53 Å². The minimum Gasteiger partial charge on any atom is -0.497 e. The van der Waals surface area contributed by atoms with Crippen LogP contribution in [0, 0.1) is 0 Å². The van der Waals surface area contributed by atoms with Crippen LogP contribution in [-0.4, -0.2) is 32.8 Å². The number of hydrogen-bond donors (Lipinski definition) is 2. The van der Waals surface area contributed by atoms with Crippen LogP contribution in [0.5, 0.6) is 5.75 Å². The smallest absolute Gasteiger partial charge is 0.220 e. The normalized spacial score (nSPS) is 13.5. The monoisotopic (exact) mass is 415 g/mol. The Kier molecular flexibility index (Phi) is 5.16. The van der Waals surface area contributed by atoms with Gasteiger partial charge in [0.1, 0.15) is 12.1 Å². The quantitative estimate of drug-likeness (QED) is 0.455. The van der Waals surface area contributed by atoms with Crippen LogP contribution in [0.2, 0.25) is 0 Å². The average molecular weight is 415 g/mol. The Morgan fingerprint density at radius 2 is 2.00 bits per heavy atom. The second kappa shape index (κ2) is 8.26. The van der Waals surface area contributed by atoms with E-state index in [2.05, 4.69) is 37.2 Å². The van der Waals surface area contributed by atoms with E-state index in [1.807, 2.05) is 36.4 Å². The summed E-state index contributed by atoms with van der Waals surface area (Å²) in [7, 11) is 1.66. The number of para-hydroxylation sites is 1. The Balaban J connectivity index is 1.32. The van der Waals surface area contributed by atoms with Crippen LogP contribution in [0.1, 0.15) is 36.7 Å².